The lowest BCUT2D eigenvalue weighted by molar-refractivity contribution is -0.149. The smallest absolute Gasteiger partial charge is 0.332 e. The molecule has 1 aliphatic carbocycles. The van der Waals surface area contributed by atoms with E-state index in [9.17, 15) is 4.79 Å². The van der Waals surface area contributed by atoms with Gasteiger partial charge in [0.25, 0.3) is 0 Å². The van der Waals surface area contributed by atoms with Crippen LogP contribution in [0.1, 0.15) is 47.0 Å². The average Bonchev–Trinajstić information content (AvgIpc) is 2.15. The number of ether oxygens (including phenoxy) is 1. The molecule has 1 aliphatic rings. The quantitative estimate of drug-likeness (QED) is 0.608. The monoisotopic (exact) mass is 239 g/mol. The van der Waals surface area contributed by atoms with Gasteiger partial charge in [-0.15, -0.1) is 0 Å². The van der Waals surface area contributed by atoms with Gasteiger partial charge in [-0.1, -0.05) is 27.2 Å². The first-order valence-electron chi connectivity index (χ1n) is 6.54. The van der Waals surface area contributed by atoms with Gasteiger partial charge in [-0.05, 0) is 37.5 Å². The van der Waals surface area contributed by atoms with E-state index in [1.165, 1.54) is 12.5 Å². The van der Waals surface area contributed by atoms with Crippen LogP contribution in [0.15, 0.2) is 11.8 Å². The Bertz CT molecular complexity index is 293. The standard InChI is InChI=1S/C14H25NO2/c1-9(2)12-6-5-10(3)7-13(12)17-14(16)8-11(4)15/h8-10,12-13H,5-7,15H2,1-4H3/b11-8-. The van der Waals surface area contributed by atoms with Gasteiger partial charge in [0.05, 0.1) is 0 Å². The molecule has 98 valence electrons. The van der Waals surface area contributed by atoms with E-state index in [2.05, 4.69) is 20.8 Å². The Labute approximate surface area is 104 Å². The first-order valence-corrected chi connectivity index (χ1v) is 6.54. The third-order valence-corrected chi connectivity index (χ3v) is 3.57. The average molecular weight is 239 g/mol. The minimum absolute atomic E-state index is 0.0573. The Morgan fingerprint density at radius 3 is 2.59 bits per heavy atom. The van der Waals surface area contributed by atoms with E-state index in [1.54, 1.807) is 6.92 Å². The SMILES string of the molecule is C/C(N)=C/C(=O)OC1CC(C)CCC1C(C)C. The summed E-state index contributed by atoms with van der Waals surface area (Å²) >= 11 is 0. The normalized spacial score (nSPS) is 30.4. The summed E-state index contributed by atoms with van der Waals surface area (Å²) in [7, 11) is 0. The van der Waals surface area contributed by atoms with Crippen LogP contribution in [0.4, 0.5) is 0 Å². The van der Waals surface area contributed by atoms with Gasteiger partial charge >= 0.3 is 5.97 Å². The summed E-state index contributed by atoms with van der Waals surface area (Å²) in [4.78, 5) is 11.6. The number of hydrogen-bond donors (Lipinski definition) is 1. The van der Waals surface area contributed by atoms with Gasteiger partial charge in [0.2, 0.25) is 0 Å². The number of carbonyl (C=O) groups is 1. The molecule has 1 rings (SSSR count). The molecule has 1 saturated carbocycles. The third kappa shape index (κ3) is 4.41. The minimum Gasteiger partial charge on any atom is -0.459 e. The largest absolute Gasteiger partial charge is 0.459 e. The highest BCUT2D eigenvalue weighted by Gasteiger charge is 2.32. The van der Waals surface area contributed by atoms with Crippen LogP contribution in [-0.2, 0) is 9.53 Å². The maximum Gasteiger partial charge on any atom is 0.332 e. The second kappa shape index (κ2) is 6.08. The molecule has 0 spiro atoms. The van der Waals surface area contributed by atoms with Crippen LogP contribution in [0.5, 0.6) is 0 Å². The van der Waals surface area contributed by atoms with Crippen LogP contribution in [0.2, 0.25) is 0 Å². The number of carbonyl (C=O) groups excluding carboxylic acids is 1. The summed E-state index contributed by atoms with van der Waals surface area (Å²) in [5.41, 5.74) is 5.98. The van der Waals surface area contributed by atoms with Crippen LogP contribution < -0.4 is 5.73 Å². The molecule has 0 radical (unpaired) electrons. The lowest BCUT2D eigenvalue weighted by Crippen LogP contribution is -2.35. The van der Waals surface area contributed by atoms with E-state index in [-0.39, 0.29) is 12.1 Å². The highest BCUT2D eigenvalue weighted by atomic mass is 16.5. The zero-order valence-electron chi connectivity index (χ0n) is 11.4. The molecular weight excluding hydrogens is 214 g/mol. The van der Waals surface area contributed by atoms with Gasteiger partial charge in [-0.2, -0.15) is 0 Å². The van der Waals surface area contributed by atoms with Crippen LogP contribution in [0.25, 0.3) is 0 Å². The molecule has 17 heavy (non-hydrogen) atoms. The van der Waals surface area contributed by atoms with Gasteiger partial charge in [-0.3, -0.25) is 0 Å². The number of nitrogens with two attached hydrogens (primary N) is 1. The van der Waals surface area contributed by atoms with Crippen LogP contribution in [0.3, 0.4) is 0 Å². The molecule has 0 amide bonds. The molecule has 2 N–H and O–H groups in total. The first kappa shape index (κ1) is 14.1. The number of hydrogen-bond acceptors (Lipinski definition) is 3. The van der Waals surface area contributed by atoms with Crippen molar-refractivity contribution in [2.75, 3.05) is 0 Å². The molecule has 0 aromatic carbocycles. The van der Waals surface area contributed by atoms with E-state index in [4.69, 9.17) is 10.5 Å². The summed E-state index contributed by atoms with van der Waals surface area (Å²) in [6.45, 7) is 8.32. The lowest BCUT2D eigenvalue weighted by atomic mass is 9.75. The minimum atomic E-state index is -0.297. The summed E-state index contributed by atoms with van der Waals surface area (Å²) in [6, 6.07) is 0. The number of esters is 1. The summed E-state index contributed by atoms with van der Waals surface area (Å²) in [6.07, 6.45) is 4.80. The molecule has 1 fully saturated rings. The number of rotatable bonds is 3. The molecular formula is C14H25NO2. The molecule has 0 heterocycles. The molecule has 0 bridgehead atoms. The third-order valence-electron chi connectivity index (χ3n) is 3.57. The molecule has 0 aliphatic heterocycles. The second-order valence-corrected chi connectivity index (χ2v) is 5.69. The van der Waals surface area contributed by atoms with Crippen molar-refractivity contribution in [1.82, 2.24) is 0 Å². The van der Waals surface area contributed by atoms with E-state index in [0.29, 0.717) is 23.5 Å². The van der Waals surface area contributed by atoms with E-state index in [0.717, 1.165) is 12.8 Å². The van der Waals surface area contributed by atoms with Crippen LogP contribution in [-0.4, -0.2) is 12.1 Å². The number of allylic oxidation sites excluding steroid dienone is 1. The molecule has 3 unspecified atom stereocenters. The Morgan fingerprint density at radius 2 is 2.06 bits per heavy atom. The summed E-state index contributed by atoms with van der Waals surface area (Å²) in [5.74, 6) is 1.39. The molecule has 3 atom stereocenters. The fraction of sp³-hybridized carbons (Fsp3) is 0.786. The van der Waals surface area contributed by atoms with Crippen molar-refractivity contribution >= 4 is 5.97 Å². The van der Waals surface area contributed by atoms with Gasteiger partial charge in [0.15, 0.2) is 0 Å². The maximum atomic E-state index is 11.6. The highest BCUT2D eigenvalue weighted by molar-refractivity contribution is 5.82. The van der Waals surface area contributed by atoms with E-state index < -0.39 is 0 Å². The van der Waals surface area contributed by atoms with Crippen molar-refractivity contribution in [3.05, 3.63) is 11.8 Å². The van der Waals surface area contributed by atoms with Gasteiger partial charge in [0, 0.05) is 11.8 Å². The van der Waals surface area contributed by atoms with Crippen molar-refractivity contribution in [3.8, 4) is 0 Å². The molecule has 0 aromatic heterocycles. The van der Waals surface area contributed by atoms with Crippen LogP contribution in [0, 0.1) is 17.8 Å². The molecule has 3 heteroatoms. The maximum absolute atomic E-state index is 11.6. The van der Waals surface area contributed by atoms with Crippen molar-refractivity contribution in [2.45, 2.75) is 53.1 Å². The Morgan fingerprint density at radius 1 is 1.41 bits per heavy atom. The fourth-order valence-corrected chi connectivity index (χ4v) is 2.62. The van der Waals surface area contributed by atoms with Crippen LogP contribution >= 0.6 is 0 Å². The topological polar surface area (TPSA) is 52.3 Å². The van der Waals surface area contributed by atoms with Crippen molar-refractivity contribution in [1.29, 1.82) is 0 Å². The Hall–Kier alpha value is -0.990. The summed E-state index contributed by atoms with van der Waals surface area (Å²) in [5, 5.41) is 0. The zero-order chi connectivity index (χ0) is 13.0. The molecule has 0 aromatic rings. The van der Waals surface area contributed by atoms with E-state index in [1.807, 2.05) is 0 Å². The summed E-state index contributed by atoms with van der Waals surface area (Å²) < 4.78 is 5.55. The van der Waals surface area contributed by atoms with Gasteiger partial charge < -0.3 is 10.5 Å². The predicted octanol–water partition coefficient (Wildman–Crippen LogP) is 2.85. The van der Waals surface area contributed by atoms with Crippen molar-refractivity contribution in [3.63, 3.8) is 0 Å². The highest BCUT2D eigenvalue weighted by Crippen LogP contribution is 2.35. The van der Waals surface area contributed by atoms with Gasteiger partial charge in [-0.25, -0.2) is 4.79 Å². The molecule has 3 nitrogen and oxygen atoms in total. The zero-order valence-corrected chi connectivity index (χ0v) is 11.4. The molecule has 0 saturated heterocycles. The van der Waals surface area contributed by atoms with Gasteiger partial charge in [0.1, 0.15) is 6.10 Å². The van der Waals surface area contributed by atoms with Crippen molar-refractivity contribution in [2.24, 2.45) is 23.5 Å². The Balaban J connectivity index is 2.64. The first-order chi connectivity index (χ1) is 7.90. The lowest BCUT2D eigenvalue weighted by Gasteiger charge is -2.36. The fourth-order valence-electron chi connectivity index (χ4n) is 2.62. The Kier molecular flexibility index (Phi) is 5.03. The van der Waals surface area contributed by atoms with Crippen molar-refractivity contribution < 1.29 is 9.53 Å². The predicted molar refractivity (Wildman–Crippen MR) is 69.2 cm³/mol. The van der Waals surface area contributed by atoms with E-state index >= 15 is 0 Å². The second-order valence-electron chi connectivity index (χ2n) is 5.69.